The molecule has 0 aromatic carbocycles. The Hall–Kier alpha value is -0.110. The second-order valence-electron chi connectivity index (χ2n) is 2.92. The summed E-state index contributed by atoms with van der Waals surface area (Å²) in [5.74, 6) is 0. The summed E-state index contributed by atoms with van der Waals surface area (Å²) in [5, 5.41) is 3.39. The van der Waals surface area contributed by atoms with Crippen molar-refractivity contribution in [1.82, 2.24) is 5.32 Å². The highest BCUT2D eigenvalue weighted by Gasteiger charge is 2.25. The minimum absolute atomic E-state index is 0.230. The first kappa shape index (κ1) is 7.00. The average Bonchev–Trinajstić information content (AvgIpc) is 1.79. The van der Waals surface area contributed by atoms with Crippen LogP contribution in [0.4, 0.5) is 0 Å². The fourth-order valence-electron chi connectivity index (χ4n) is 1.02. The Labute approximate surface area is 60.9 Å². The molecule has 0 atom stereocenters. The van der Waals surface area contributed by atoms with Crippen molar-refractivity contribution in [3.8, 4) is 0 Å². The van der Waals surface area contributed by atoms with E-state index in [0.717, 1.165) is 0 Å². The highest BCUT2D eigenvalue weighted by molar-refractivity contribution is 8.04. The predicted molar refractivity (Wildman–Crippen MR) is 43.2 cm³/mol. The van der Waals surface area contributed by atoms with Crippen molar-refractivity contribution in [1.29, 1.82) is 0 Å². The van der Waals surface area contributed by atoms with E-state index in [1.54, 1.807) is 0 Å². The quantitative estimate of drug-likeness (QED) is 0.558. The largest absolute Gasteiger partial charge is 0.374 e. The molecule has 1 aliphatic rings. The zero-order valence-electron chi connectivity index (χ0n) is 6.41. The first-order valence-corrected chi connectivity index (χ1v) is 3.97. The Morgan fingerprint density at radius 3 is 2.00 bits per heavy atom. The second-order valence-corrected chi connectivity index (χ2v) is 4.76. The van der Waals surface area contributed by atoms with Crippen molar-refractivity contribution in [3.63, 3.8) is 0 Å². The van der Waals surface area contributed by atoms with Gasteiger partial charge in [0.05, 0.1) is 4.87 Å². The first-order valence-electron chi connectivity index (χ1n) is 3.16. The zero-order chi connectivity index (χ0) is 7.07. The van der Waals surface area contributed by atoms with Crippen LogP contribution in [0.5, 0.6) is 0 Å². The average molecular weight is 143 g/mol. The van der Waals surface area contributed by atoms with Gasteiger partial charge in [0.2, 0.25) is 0 Å². The molecule has 0 aromatic rings. The van der Waals surface area contributed by atoms with Crippen molar-refractivity contribution in [2.75, 3.05) is 0 Å². The van der Waals surface area contributed by atoms with Crippen LogP contribution in [-0.2, 0) is 0 Å². The van der Waals surface area contributed by atoms with Gasteiger partial charge in [0.1, 0.15) is 0 Å². The van der Waals surface area contributed by atoms with Gasteiger partial charge in [-0.1, -0.05) is 0 Å². The van der Waals surface area contributed by atoms with Crippen molar-refractivity contribution in [3.05, 3.63) is 10.6 Å². The van der Waals surface area contributed by atoms with Gasteiger partial charge in [0.15, 0.2) is 0 Å². The number of rotatable bonds is 0. The van der Waals surface area contributed by atoms with Crippen LogP contribution in [0.15, 0.2) is 10.6 Å². The first-order chi connectivity index (χ1) is 4.01. The van der Waals surface area contributed by atoms with E-state index in [9.17, 15) is 0 Å². The summed E-state index contributed by atoms with van der Waals surface area (Å²) in [5.41, 5.74) is 1.32. The molecule has 0 radical (unpaired) electrons. The van der Waals surface area contributed by atoms with E-state index in [0.29, 0.717) is 0 Å². The molecule has 1 rings (SSSR count). The molecule has 0 aliphatic carbocycles. The Morgan fingerprint density at radius 2 is 1.89 bits per heavy atom. The van der Waals surface area contributed by atoms with Crippen LogP contribution < -0.4 is 5.32 Å². The molecule has 1 nitrogen and oxygen atoms in total. The van der Waals surface area contributed by atoms with E-state index >= 15 is 0 Å². The lowest BCUT2D eigenvalue weighted by molar-refractivity contribution is 0.626. The standard InChI is InChI=1S/C7H13NS/c1-5-6(2)9-7(3,4)8-5/h8H,1-4H3. The topological polar surface area (TPSA) is 12.0 Å². The zero-order valence-corrected chi connectivity index (χ0v) is 7.22. The normalized spacial score (nSPS) is 24.4. The Balaban J connectivity index is 2.70. The summed E-state index contributed by atoms with van der Waals surface area (Å²) >= 11 is 1.90. The van der Waals surface area contributed by atoms with Crippen LogP contribution in [0.2, 0.25) is 0 Å². The molecule has 0 bridgehead atoms. The maximum absolute atomic E-state index is 3.39. The van der Waals surface area contributed by atoms with E-state index in [1.165, 1.54) is 10.6 Å². The lowest BCUT2D eigenvalue weighted by Gasteiger charge is -2.18. The van der Waals surface area contributed by atoms with E-state index < -0.39 is 0 Å². The summed E-state index contributed by atoms with van der Waals surface area (Å²) in [6.45, 7) is 8.66. The molecule has 1 N–H and O–H groups in total. The smallest absolute Gasteiger partial charge is 0.0817 e. The second kappa shape index (κ2) is 1.94. The minimum atomic E-state index is 0.230. The molecule has 1 heterocycles. The summed E-state index contributed by atoms with van der Waals surface area (Å²) < 4.78 is 0. The maximum Gasteiger partial charge on any atom is 0.0817 e. The van der Waals surface area contributed by atoms with Crippen molar-refractivity contribution < 1.29 is 0 Å². The molecule has 0 saturated heterocycles. The number of hydrogen-bond donors (Lipinski definition) is 1. The molecule has 0 fully saturated rings. The molecule has 0 saturated carbocycles. The molecule has 0 unspecified atom stereocenters. The van der Waals surface area contributed by atoms with Gasteiger partial charge in [0.25, 0.3) is 0 Å². The Kier molecular flexibility index (Phi) is 1.51. The van der Waals surface area contributed by atoms with Gasteiger partial charge in [-0.05, 0) is 27.7 Å². The summed E-state index contributed by atoms with van der Waals surface area (Å²) in [7, 11) is 0. The highest BCUT2D eigenvalue weighted by Crippen LogP contribution is 2.36. The third kappa shape index (κ3) is 1.42. The SMILES string of the molecule is CC1=C(C)SC(C)(C)N1. The molecular weight excluding hydrogens is 130 g/mol. The van der Waals surface area contributed by atoms with E-state index in [1.807, 2.05) is 11.8 Å². The van der Waals surface area contributed by atoms with Crippen LogP contribution in [-0.4, -0.2) is 4.87 Å². The molecule has 52 valence electrons. The third-order valence-electron chi connectivity index (χ3n) is 1.42. The summed E-state index contributed by atoms with van der Waals surface area (Å²) in [6.07, 6.45) is 0. The van der Waals surface area contributed by atoms with Crippen LogP contribution in [0, 0.1) is 0 Å². The molecule has 1 aliphatic heterocycles. The van der Waals surface area contributed by atoms with Gasteiger partial charge in [-0.3, -0.25) is 0 Å². The molecular formula is C7H13NS. The van der Waals surface area contributed by atoms with Crippen molar-refractivity contribution >= 4 is 11.8 Å². The summed E-state index contributed by atoms with van der Waals surface area (Å²) in [6, 6.07) is 0. The molecule has 2 heteroatoms. The maximum atomic E-state index is 3.39. The predicted octanol–water partition coefficient (Wildman–Crippen LogP) is 2.31. The fraction of sp³-hybridized carbons (Fsp3) is 0.714. The monoisotopic (exact) mass is 143 g/mol. The van der Waals surface area contributed by atoms with E-state index in [4.69, 9.17) is 0 Å². The van der Waals surface area contributed by atoms with E-state index in [-0.39, 0.29) is 4.87 Å². The fourth-order valence-corrected chi connectivity index (χ4v) is 2.20. The molecule has 9 heavy (non-hydrogen) atoms. The Morgan fingerprint density at radius 1 is 1.33 bits per heavy atom. The third-order valence-corrected chi connectivity index (χ3v) is 2.65. The van der Waals surface area contributed by atoms with Gasteiger partial charge in [-0.2, -0.15) is 0 Å². The van der Waals surface area contributed by atoms with Crippen molar-refractivity contribution in [2.24, 2.45) is 0 Å². The number of hydrogen-bond acceptors (Lipinski definition) is 2. The lowest BCUT2D eigenvalue weighted by atomic mass is 10.3. The van der Waals surface area contributed by atoms with Crippen LogP contribution >= 0.6 is 11.8 Å². The van der Waals surface area contributed by atoms with Gasteiger partial charge in [0, 0.05) is 10.6 Å². The number of allylic oxidation sites excluding steroid dienone is 2. The molecule has 0 spiro atoms. The highest BCUT2D eigenvalue weighted by atomic mass is 32.2. The minimum Gasteiger partial charge on any atom is -0.374 e. The van der Waals surface area contributed by atoms with E-state index in [2.05, 4.69) is 33.0 Å². The van der Waals surface area contributed by atoms with Gasteiger partial charge in [-0.25, -0.2) is 0 Å². The number of thioether (sulfide) groups is 1. The lowest BCUT2D eigenvalue weighted by Crippen LogP contribution is -2.29. The summed E-state index contributed by atoms with van der Waals surface area (Å²) in [4.78, 5) is 1.65. The van der Waals surface area contributed by atoms with Crippen LogP contribution in [0.3, 0.4) is 0 Å². The number of nitrogens with one attached hydrogen (secondary N) is 1. The van der Waals surface area contributed by atoms with Gasteiger partial charge in [-0.15, -0.1) is 11.8 Å². The van der Waals surface area contributed by atoms with Gasteiger partial charge < -0.3 is 5.32 Å². The van der Waals surface area contributed by atoms with Crippen molar-refractivity contribution in [2.45, 2.75) is 32.6 Å². The molecule has 0 aromatic heterocycles. The van der Waals surface area contributed by atoms with Crippen LogP contribution in [0.25, 0.3) is 0 Å². The van der Waals surface area contributed by atoms with Crippen LogP contribution in [0.1, 0.15) is 27.7 Å². The Bertz CT molecular complexity index is 142. The van der Waals surface area contributed by atoms with Gasteiger partial charge >= 0.3 is 0 Å². The molecule has 0 amide bonds.